The van der Waals surface area contributed by atoms with Crippen LogP contribution in [-0.4, -0.2) is 19.2 Å². The minimum absolute atomic E-state index is 0.0144. The Kier molecular flexibility index (Phi) is 4.07. The quantitative estimate of drug-likeness (QED) is 0.879. The van der Waals surface area contributed by atoms with Crippen molar-refractivity contribution in [3.05, 3.63) is 53.3 Å². The Morgan fingerprint density at radius 3 is 2.63 bits per heavy atom. The zero-order valence-electron chi connectivity index (χ0n) is 10.1. The topological polar surface area (TPSA) is 73.1 Å². The van der Waals surface area contributed by atoms with Gasteiger partial charge in [-0.1, -0.05) is 23.7 Å². The summed E-state index contributed by atoms with van der Waals surface area (Å²) in [6, 6.07) is 8.28. The first-order valence-electron chi connectivity index (χ1n) is 5.66. The van der Waals surface area contributed by atoms with Crippen LogP contribution in [0.4, 0.5) is 5.69 Å². The number of pyridine rings is 1. The van der Waals surface area contributed by atoms with Crippen LogP contribution >= 0.6 is 11.6 Å². The Bertz CT molecular complexity index is 652. The number of hydrogen-bond donors (Lipinski definition) is 1. The number of rotatable bonds is 4. The molecule has 0 aliphatic carbocycles. The lowest BCUT2D eigenvalue weighted by Gasteiger charge is -2.09. The summed E-state index contributed by atoms with van der Waals surface area (Å²) in [6.45, 7) is 0. The summed E-state index contributed by atoms with van der Waals surface area (Å²) in [4.78, 5) is 3.96. The average molecular weight is 297 g/mol. The zero-order valence-corrected chi connectivity index (χ0v) is 11.7. The Balaban J connectivity index is 2.24. The van der Waals surface area contributed by atoms with Gasteiger partial charge in [-0.3, -0.25) is 4.98 Å². The van der Waals surface area contributed by atoms with Crippen LogP contribution in [0.25, 0.3) is 0 Å². The molecule has 0 aliphatic rings. The molecule has 1 heterocycles. The highest BCUT2D eigenvalue weighted by Gasteiger charge is 2.20. The number of halogens is 1. The summed E-state index contributed by atoms with van der Waals surface area (Å²) in [5.41, 5.74) is 6.74. The molecule has 19 heavy (non-hydrogen) atoms. The number of sulfone groups is 1. The molecule has 0 fully saturated rings. The van der Waals surface area contributed by atoms with E-state index >= 15 is 0 Å². The lowest BCUT2D eigenvalue weighted by Crippen LogP contribution is -2.12. The number of nitrogen functional groups attached to an aromatic ring is 1. The molecule has 2 aromatic rings. The van der Waals surface area contributed by atoms with Crippen LogP contribution in [0.2, 0.25) is 5.02 Å². The van der Waals surface area contributed by atoms with Crippen molar-refractivity contribution in [1.29, 1.82) is 0 Å². The maximum absolute atomic E-state index is 12.3. The van der Waals surface area contributed by atoms with E-state index in [9.17, 15) is 8.42 Å². The number of anilines is 1. The predicted molar refractivity (Wildman–Crippen MR) is 75.9 cm³/mol. The van der Waals surface area contributed by atoms with Crippen LogP contribution in [0.1, 0.15) is 5.56 Å². The van der Waals surface area contributed by atoms with Gasteiger partial charge in [-0.25, -0.2) is 8.42 Å². The van der Waals surface area contributed by atoms with E-state index in [4.69, 9.17) is 17.3 Å². The molecule has 0 saturated carbocycles. The fourth-order valence-electron chi connectivity index (χ4n) is 1.75. The van der Waals surface area contributed by atoms with Gasteiger partial charge in [0.05, 0.1) is 16.5 Å². The average Bonchev–Trinajstić information content (AvgIpc) is 2.37. The van der Waals surface area contributed by atoms with Crippen LogP contribution in [0.5, 0.6) is 0 Å². The summed E-state index contributed by atoms with van der Waals surface area (Å²) in [7, 11) is -3.50. The van der Waals surface area contributed by atoms with Crippen LogP contribution < -0.4 is 5.73 Å². The predicted octanol–water partition coefficient (Wildman–Crippen LogP) is 2.33. The highest BCUT2D eigenvalue weighted by molar-refractivity contribution is 7.91. The van der Waals surface area contributed by atoms with Gasteiger partial charge >= 0.3 is 0 Å². The lowest BCUT2D eigenvalue weighted by molar-refractivity contribution is 0.595. The van der Waals surface area contributed by atoms with Crippen molar-refractivity contribution in [3.63, 3.8) is 0 Å². The van der Waals surface area contributed by atoms with Crippen molar-refractivity contribution in [2.45, 2.75) is 11.3 Å². The number of hydrogen-bond acceptors (Lipinski definition) is 4. The van der Waals surface area contributed by atoms with Crippen LogP contribution in [0, 0.1) is 0 Å². The highest BCUT2D eigenvalue weighted by Crippen LogP contribution is 2.28. The molecule has 0 unspecified atom stereocenters. The van der Waals surface area contributed by atoms with Gasteiger partial charge in [0.25, 0.3) is 0 Å². The molecular weight excluding hydrogens is 284 g/mol. The molecule has 0 radical (unpaired) electrons. The molecule has 0 amide bonds. The van der Waals surface area contributed by atoms with Gasteiger partial charge in [0.1, 0.15) is 4.90 Å². The van der Waals surface area contributed by atoms with Gasteiger partial charge < -0.3 is 5.73 Å². The number of aryl methyl sites for hydroxylation is 1. The van der Waals surface area contributed by atoms with Gasteiger partial charge in [0, 0.05) is 12.4 Å². The standard InChI is InChI=1S/C13H13ClN2O2S/c14-11-4-1-5-12(15)13(11)19(17,18)8-6-10-3-2-7-16-9-10/h1-5,7,9H,6,8,15H2. The van der Waals surface area contributed by atoms with E-state index in [2.05, 4.69) is 4.98 Å². The van der Waals surface area contributed by atoms with E-state index in [-0.39, 0.29) is 21.4 Å². The molecule has 1 aromatic carbocycles. The first-order valence-corrected chi connectivity index (χ1v) is 7.69. The SMILES string of the molecule is Nc1cccc(Cl)c1S(=O)(=O)CCc1cccnc1. The number of benzene rings is 1. The van der Waals surface area contributed by atoms with Crippen molar-refractivity contribution in [1.82, 2.24) is 4.98 Å². The second-order valence-electron chi connectivity index (χ2n) is 4.09. The van der Waals surface area contributed by atoms with Gasteiger partial charge in [-0.05, 0) is 30.2 Å². The number of aromatic nitrogens is 1. The zero-order chi connectivity index (χ0) is 13.9. The molecule has 100 valence electrons. The lowest BCUT2D eigenvalue weighted by atomic mass is 10.2. The fourth-order valence-corrected chi connectivity index (χ4v) is 3.79. The van der Waals surface area contributed by atoms with E-state index in [1.54, 1.807) is 24.5 Å². The summed E-state index contributed by atoms with van der Waals surface area (Å²) < 4.78 is 24.5. The second kappa shape index (κ2) is 5.59. The molecule has 4 nitrogen and oxygen atoms in total. The third kappa shape index (κ3) is 3.24. The second-order valence-corrected chi connectivity index (χ2v) is 6.54. The minimum atomic E-state index is -3.50. The smallest absolute Gasteiger partial charge is 0.182 e. The van der Waals surface area contributed by atoms with Gasteiger partial charge in [-0.2, -0.15) is 0 Å². The van der Waals surface area contributed by atoms with E-state index in [1.807, 2.05) is 6.07 Å². The monoisotopic (exact) mass is 296 g/mol. The fraction of sp³-hybridized carbons (Fsp3) is 0.154. The van der Waals surface area contributed by atoms with Crippen molar-refractivity contribution in [2.75, 3.05) is 11.5 Å². The molecular formula is C13H13ClN2O2S. The van der Waals surface area contributed by atoms with Crippen molar-refractivity contribution in [3.8, 4) is 0 Å². The Hall–Kier alpha value is -1.59. The van der Waals surface area contributed by atoms with E-state index in [1.165, 1.54) is 12.1 Å². The largest absolute Gasteiger partial charge is 0.398 e. The van der Waals surface area contributed by atoms with Gasteiger partial charge in [0.2, 0.25) is 0 Å². The maximum Gasteiger partial charge on any atom is 0.182 e. The normalized spacial score (nSPS) is 11.4. The first-order chi connectivity index (χ1) is 9.00. The maximum atomic E-state index is 12.3. The molecule has 0 spiro atoms. The molecule has 0 bridgehead atoms. The van der Waals surface area contributed by atoms with Crippen molar-refractivity contribution < 1.29 is 8.42 Å². The van der Waals surface area contributed by atoms with Crippen molar-refractivity contribution >= 4 is 27.1 Å². The van der Waals surface area contributed by atoms with Gasteiger partial charge in [0.15, 0.2) is 9.84 Å². The third-order valence-corrected chi connectivity index (χ3v) is 4.94. The highest BCUT2D eigenvalue weighted by atomic mass is 35.5. The van der Waals surface area contributed by atoms with Crippen LogP contribution in [0.15, 0.2) is 47.6 Å². The molecule has 2 rings (SSSR count). The Labute approximate surface area is 117 Å². The van der Waals surface area contributed by atoms with E-state index in [0.29, 0.717) is 6.42 Å². The molecule has 6 heteroatoms. The summed E-state index contributed by atoms with van der Waals surface area (Å²) in [5, 5.41) is 0.159. The van der Waals surface area contributed by atoms with Gasteiger partial charge in [-0.15, -0.1) is 0 Å². The minimum Gasteiger partial charge on any atom is -0.398 e. The van der Waals surface area contributed by atoms with E-state index in [0.717, 1.165) is 5.56 Å². The Morgan fingerprint density at radius 2 is 2.00 bits per heavy atom. The number of nitrogens with zero attached hydrogens (tertiary/aromatic N) is 1. The molecule has 0 atom stereocenters. The van der Waals surface area contributed by atoms with E-state index < -0.39 is 9.84 Å². The summed E-state index contributed by atoms with van der Waals surface area (Å²) in [6.07, 6.45) is 3.66. The molecule has 0 saturated heterocycles. The van der Waals surface area contributed by atoms with Crippen LogP contribution in [-0.2, 0) is 16.3 Å². The number of nitrogens with two attached hydrogens (primary N) is 1. The molecule has 2 N–H and O–H groups in total. The molecule has 1 aromatic heterocycles. The van der Waals surface area contributed by atoms with Crippen LogP contribution in [0.3, 0.4) is 0 Å². The summed E-state index contributed by atoms with van der Waals surface area (Å²) in [5.74, 6) is -0.0490. The summed E-state index contributed by atoms with van der Waals surface area (Å²) >= 11 is 5.92. The third-order valence-electron chi connectivity index (χ3n) is 2.69. The Morgan fingerprint density at radius 1 is 1.21 bits per heavy atom. The molecule has 0 aliphatic heterocycles. The van der Waals surface area contributed by atoms with Crippen molar-refractivity contribution in [2.24, 2.45) is 0 Å². The first kappa shape index (κ1) is 13.8.